The molecule has 0 fully saturated rings. The van der Waals surface area contributed by atoms with Crippen molar-refractivity contribution >= 4 is 16.9 Å². The molecular formula is C12H12N4O2. The lowest BCUT2D eigenvalue weighted by Crippen LogP contribution is -2.27. The molecule has 1 atom stereocenters. The number of benzene rings is 1. The molecule has 0 radical (unpaired) electrons. The summed E-state index contributed by atoms with van der Waals surface area (Å²) in [5.74, 6) is -1.00. The number of aromatic nitrogens is 2. The average Bonchev–Trinajstić information content (AvgIpc) is 2.68. The van der Waals surface area contributed by atoms with E-state index in [2.05, 4.69) is 10.4 Å². The first-order chi connectivity index (χ1) is 8.63. The number of carboxylic acid groups (broad SMARTS) is 1. The largest absolute Gasteiger partial charge is 0.480 e. The second-order valence-corrected chi connectivity index (χ2v) is 3.86. The Morgan fingerprint density at radius 2 is 2.33 bits per heavy atom. The molecule has 1 aromatic heterocycles. The molecule has 0 spiro atoms. The third-order valence-electron chi connectivity index (χ3n) is 2.65. The molecule has 0 saturated heterocycles. The number of rotatable bonds is 4. The molecule has 92 valence electrons. The van der Waals surface area contributed by atoms with Crippen LogP contribution in [0.15, 0.2) is 24.3 Å². The summed E-state index contributed by atoms with van der Waals surface area (Å²) in [6, 6.07) is 8.81. The number of nitrogens with one attached hydrogen (secondary N) is 1. The van der Waals surface area contributed by atoms with Gasteiger partial charge in [-0.1, -0.05) is 18.2 Å². The quantitative estimate of drug-likeness (QED) is 0.830. The number of aryl methyl sites for hydroxylation is 1. The molecule has 2 N–H and O–H groups in total. The van der Waals surface area contributed by atoms with Gasteiger partial charge < -0.3 is 5.11 Å². The van der Waals surface area contributed by atoms with E-state index in [1.807, 2.05) is 30.3 Å². The molecule has 6 heteroatoms. The van der Waals surface area contributed by atoms with Crippen molar-refractivity contribution < 1.29 is 9.90 Å². The van der Waals surface area contributed by atoms with Gasteiger partial charge in [-0.3, -0.25) is 14.8 Å². The van der Waals surface area contributed by atoms with E-state index in [0.29, 0.717) is 5.69 Å². The van der Waals surface area contributed by atoms with E-state index < -0.39 is 12.0 Å². The van der Waals surface area contributed by atoms with Gasteiger partial charge in [-0.15, -0.1) is 0 Å². The first-order valence-electron chi connectivity index (χ1n) is 5.40. The molecule has 0 saturated carbocycles. The lowest BCUT2D eigenvalue weighted by Gasteiger charge is -2.06. The number of carbonyl (C=O) groups is 1. The fourth-order valence-electron chi connectivity index (χ4n) is 1.85. The van der Waals surface area contributed by atoms with E-state index in [-0.39, 0.29) is 6.54 Å². The van der Waals surface area contributed by atoms with E-state index >= 15 is 0 Å². The highest BCUT2D eigenvalue weighted by Gasteiger charge is 2.18. The van der Waals surface area contributed by atoms with Gasteiger partial charge in [0.05, 0.1) is 18.1 Å². The Kier molecular flexibility index (Phi) is 3.26. The molecule has 0 aliphatic heterocycles. The van der Waals surface area contributed by atoms with Crippen LogP contribution in [0.4, 0.5) is 0 Å². The van der Waals surface area contributed by atoms with Gasteiger partial charge in [0.15, 0.2) is 0 Å². The number of aliphatic carboxylic acids is 1. The average molecular weight is 244 g/mol. The molecule has 1 heterocycles. The van der Waals surface area contributed by atoms with Gasteiger partial charge in [0.25, 0.3) is 0 Å². The summed E-state index contributed by atoms with van der Waals surface area (Å²) in [7, 11) is 1.79. The highest BCUT2D eigenvalue weighted by Crippen LogP contribution is 2.22. The van der Waals surface area contributed by atoms with Crippen LogP contribution >= 0.6 is 0 Å². The SMILES string of the molecule is Cn1nc(C(C#N)NCC(=O)O)c2ccccc21. The normalized spacial score (nSPS) is 12.2. The van der Waals surface area contributed by atoms with Crippen molar-refractivity contribution in [2.45, 2.75) is 6.04 Å². The van der Waals surface area contributed by atoms with Crippen molar-refractivity contribution in [3.63, 3.8) is 0 Å². The van der Waals surface area contributed by atoms with Crippen LogP contribution in [0.1, 0.15) is 11.7 Å². The van der Waals surface area contributed by atoms with Gasteiger partial charge in [-0.2, -0.15) is 10.4 Å². The maximum absolute atomic E-state index is 10.5. The van der Waals surface area contributed by atoms with Crippen LogP contribution in [0.25, 0.3) is 10.9 Å². The molecule has 1 unspecified atom stereocenters. The Morgan fingerprint density at radius 3 is 3.00 bits per heavy atom. The standard InChI is InChI=1S/C12H12N4O2/c1-16-10-5-3-2-4-8(10)12(15-16)9(6-13)14-7-11(17)18/h2-5,9,14H,7H2,1H3,(H,17,18). The number of carboxylic acids is 1. The molecule has 0 bridgehead atoms. The summed E-state index contributed by atoms with van der Waals surface area (Å²) in [6.45, 7) is -0.275. The van der Waals surface area contributed by atoms with Gasteiger partial charge in [0.2, 0.25) is 0 Å². The van der Waals surface area contributed by atoms with E-state index in [4.69, 9.17) is 10.4 Å². The van der Waals surface area contributed by atoms with Crippen LogP contribution in [0, 0.1) is 11.3 Å². The van der Waals surface area contributed by atoms with E-state index in [9.17, 15) is 4.79 Å². The highest BCUT2D eigenvalue weighted by molar-refractivity contribution is 5.82. The van der Waals surface area contributed by atoms with Crippen LogP contribution in [0.5, 0.6) is 0 Å². The molecule has 6 nitrogen and oxygen atoms in total. The van der Waals surface area contributed by atoms with Crippen molar-refractivity contribution in [1.29, 1.82) is 5.26 Å². The summed E-state index contributed by atoms with van der Waals surface area (Å²) < 4.78 is 1.68. The van der Waals surface area contributed by atoms with Gasteiger partial charge in [-0.05, 0) is 6.07 Å². The zero-order valence-corrected chi connectivity index (χ0v) is 9.79. The fourth-order valence-corrected chi connectivity index (χ4v) is 1.85. The second-order valence-electron chi connectivity index (χ2n) is 3.86. The van der Waals surface area contributed by atoms with Gasteiger partial charge in [0.1, 0.15) is 11.7 Å². The monoisotopic (exact) mass is 244 g/mol. The Labute approximate surface area is 103 Å². The van der Waals surface area contributed by atoms with Crippen molar-refractivity contribution in [3.05, 3.63) is 30.0 Å². The van der Waals surface area contributed by atoms with E-state index in [1.54, 1.807) is 11.7 Å². The van der Waals surface area contributed by atoms with Crippen LogP contribution in [0.3, 0.4) is 0 Å². The number of hydrogen-bond acceptors (Lipinski definition) is 4. The van der Waals surface area contributed by atoms with Gasteiger partial charge in [0, 0.05) is 12.4 Å². The molecule has 0 amide bonds. The number of hydrogen-bond donors (Lipinski definition) is 2. The Hall–Kier alpha value is -2.39. The molecule has 0 aliphatic carbocycles. The van der Waals surface area contributed by atoms with Crippen molar-refractivity contribution in [2.75, 3.05) is 6.54 Å². The molecular weight excluding hydrogens is 232 g/mol. The smallest absolute Gasteiger partial charge is 0.317 e. The minimum absolute atomic E-state index is 0.275. The Balaban J connectivity index is 2.40. The minimum atomic E-state index is -1.00. The van der Waals surface area contributed by atoms with Crippen molar-refractivity contribution in [1.82, 2.24) is 15.1 Å². The molecule has 2 rings (SSSR count). The number of para-hydroxylation sites is 1. The summed E-state index contributed by atoms with van der Waals surface area (Å²) in [4.78, 5) is 10.5. The number of nitriles is 1. The summed E-state index contributed by atoms with van der Waals surface area (Å²) in [5, 5.41) is 25.5. The van der Waals surface area contributed by atoms with Gasteiger partial charge >= 0.3 is 5.97 Å². The molecule has 2 aromatic rings. The lowest BCUT2D eigenvalue weighted by molar-refractivity contribution is -0.136. The summed E-state index contributed by atoms with van der Waals surface area (Å²) in [6.07, 6.45) is 0. The third kappa shape index (κ3) is 2.17. The topological polar surface area (TPSA) is 90.9 Å². The number of fused-ring (bicyclic) bond motifs is 1. The highest BCUT2D eigenvalue weighted by atomic mass is 16.4. The maximum Gasteiger partial charge on any atom is 0.317 e. The molecule has 0 aliphatic rings. The zero-order chi connectivity index (χ0) is 13.1. The van der Waals surface area contributed by atoms with E-state index in [1.165, 1.54) is 0 Å². The van der Waals surface area contributed by atoms with Crippen LogP contribution < -0.4 is 5.32 Å². The van der Waals surface area contributed by atoms with Crippen molar-refractivity contribution in [3.8, 4) is 6.07 Å². The first-order valence-corrected chi connectivity index (χ1v) is 5.40. The second kappa shape index (κ2) is 4.85. The van der Waals surface area contributed by atoms with E-state index in [0.717, 1.165) is 10.9 Å². The minimum Gasteiger partial charge on any atom is -0.480 e. The predicted molar refractivity (Wildman–Crippen MR) is 64.7 cm³/mol. The van der Waals surface area contributed by atoms with Crippen LogP contribution in [0.2, 0.25) is 0 Å². The van der Waals surface area contributed by atoms with Crippen LogP contribution in [-0.4, -0.2) is 27.4 Å². The lowest BCUT2D eigenvalue weighted by atomic mass is 10.1. The molecule has 18 heavy (non-hydrogen) atoms. The summed E-state index contributed by atoms with van der Waals surface area (Å²) in [5.41, 5.74) is 1.46. The Morgan fingerprint density at radius 1 is 1.61 bits per heavy atom. The summed E-state index contributed by atoms with van der Waals surface area (Å²) >= 11 is 0. The van der Waals surface area contributed by atoms with Crippen molar-refractivity contribution in [2.24, 2.45) is 7.05 Å². The Bertz CT molecular complexity index is 627. The van der Waals surface area contributed by atoms with Crippen LogP contribution in [-0.2, 0) is 11.8 Å². The maximum atomic E-state index is 10.5. The third-order valence-corrected chi connectivity index (χ3v) is 2.65. The first kappa shape index (κ1) is 12.1. The predicted octanol–water partition coefficient (Wildman–Crippen LogP) is 0.812. The number of nitrogens with zero attached hydrogens (tertiary/aromatic N) is 3. The fraction of sp³-hybridized carbons (Fsp3) is 0.250. The zero-order valence-electron chi connectivity index (χ0n) is 9.79. The van der Waals surface area contributed by atoms with Gasteiger partial charge in [-0.25, -0.2) is 0 Å². The molecule has 1 aromatic carbocycles.